The van der Waals surface area contributed by atoms with Crippen molar-refractivity contribution < 1.29 is 52.9 Å². The Morgan fingerprint density at radius 1 is 0.765 bits per heavy atom. The summed E-state index contributed by atoms with van der Waals surface area (Å²) in [6.45, 7) is 0. The number of hydrogen-bond acceptors (Lipinski definition) is 2. The summed E-state index contributed by atoms with van der Waals surface area (Å²) in [5, 5.41) is 10.3. The first-order valence-corrected chi connectivity index (χ1v) is 13.3. The molecule has 0 aromatic heterocycles. The van der Waals surface area contributed by atoms with Crippen molar-refractivity contribution in [1.82, 2.24) is 0 Å². The molecule has 0 bridgehead atoms. The molecule has 0 amide bonds. The van der Waals surface area contributed by atoms with Crippen molar-refractivity contribution >= 4 is 35.8 Å². The van der Waals surface area contributed by atoms with Gasteiger partial charge in [0.25, 0.3) is 0 Å². The van der Waals surface area contributed by atoms with Crippen LogP contribution in [0.25, 0.3) is 5.76 Å². The zero-order valence-corrected chi connectivity index (χ0v) is 19.7. The fourth-order valence-electron chi connectivity index (χ4n) is 2.70. The second-order valence-electron chi connectivity index (χ2n) is 6.31. The van der Waals surface area contributed by atoms with E-state index in [0.717, 1.165) is 6.08 Å². The fourth-order valence-corrected chi connectivity index (χ4v) is 2.70. The number of benzene rings is 3. The van der Waals surface area contributed by atoms with Crippen LogP contribution in [0, 0.1) is 23.3 Å². The fraction of sp³-hybridized carbons (Fsp3) is 0.0455. The average Bonchev–Trinajstić information content (AvgIpc) is 2.80. The predicted molar refractivity (Wildman–Crippen MR) is 113 cm³/mol. The third-order valence-corrected chi connectivity index (χ3v) is 4.17. The van der Waals surface area contributed by atoms with Crippen LogP contribution in [0.15, 0.2) is 71.7 Å². The van der Waals surface area contributed by atoms with E-state index < -0.39 is 63.5 Å². The molecule has 0 aliphatic heterocycles. The predicted octanol–water partition coefficient (Wildman–Crippen LogP) is 8.36. The summed E-state index contributed by atoms with van der Waals surface area (Å²) in [6, 6.07) is 15.3. The van der Waals surface area contributed by atoms with Crippen LogP contribution in [0.1, 0.15) is 16.7 Å². The molecule has 2 nitrogen and oxygen atoms in total. The van der Waals surface area contributed by atoms with Gasteiger partial charge < -0.3 is 5.11 Å². The number of alkyl halides is 3. The summed E-state index contributed by atoms with van der Waals surface area (Å²) < 4.78 is 94.9. The summed E-state index contributed by atoms with van der Waals surface area (Å²) in [7, 11) is 9.78. The van der Waals surface area contributed by atoms with Crippen LogP contribution >= 0.6 is 18.6 Å². The van der Waals surface area contributed by atoms with E-state index >= 15 is 0 Å². The number of rotatable bonds is 4. The number of nitrogens with zero attached hydrogens (tertiary/aromatic N) is 1. The Labute approximate surface area is 206 Å². The number of halogens is 9. The number of aliphatic hydroxyl groups is 1. The molecule has 0 atom stereocenters. The van der Waals surface area contributed by atoms with E-state index in [9.17, 15) is 35.8 Å². The summed E-state index contributed by atoms with van der Waals surface area (Å²) in [5.41, 5.74) is -4.18. The average molecular weight is 558 g/mol. The molecule has 34 heavy (non-hydrogen) atoms. The molecule has 0 aliphatic rings. The van der Waals surface area contributed by atoms with Crippen molar-refractivity contribution in [3.63, 3.8) is 0 Å². The van der Waals surface area contributed by atoms with Gasteiger partial charge in [-0.1, -0.05) is 60.7 Å². The molecule has 0 saturated heterocycles. The molecule has 0 spiro atoms. The van der Waals surface area contributed by atoms with Crippen LogP contribution < -0.4 is 0 Å². The van der Waals surface area contributed by atoms with E-state index in [1.165, 1.54) is 36.4 Å². The molecule has 178 valence electrons. The maximum absolute atomic E-state index is 14.3. The van der Waals surface area contributed by atoms with E-state index in [1.807, 2.05) is 0 Å². The Morgan fingerprint density at radius 2 is 1.18 bits per heavy atom. The molecule has 0 radical (unpaired) electrons. The second kappa shape index (κ2) is 12.4. The maximum atomic E-state index is 14.3. The van der Waals surface area contributed by atoms with Crippen molar-refractivity contribution in [2.24, 2.45) is 4.99 Å². The SMILES string of the molecule is O/C(=C\C(=Nc1c(F)c(F)c(C(F)(F)F)c(F)c1F)c1ccccc1)c1ccccc1.[Cl][Ti][Cl]. The standard InChI is InChI=1S/C22H12F7NO.2ClH.Ti/c23-17-16(22(27,28)29)18(24)20(26)21(19(17)25)30-14(12-7-3-1-4-8-12)11-15(31)13-9-5-2-6-10-13;;;/h1-11,31H;2*1H;/q;;;+2/p-2/b15-11-,30-14?;;;. The molecular formula is C22H12Cl2F7NOTi. The van der Waals surface area contributed by atoms with Gasteiger partial charge >= 0.3 is 41.8 Å². The molecule has 12 heteroatoms. The molecule has 0 heterocycles. The molecule has 0 unspecified atom stereocenters. The van der Waals surface area contributed by atoms with Gasteiger partial charge in [-0.05, 0) is 0 Å². The van der Waals surface area contributed by atoms with Gasteiger partial charge in [0.2, 0.25) is 0 Å². The van der Waals surface area contributed by atoms with Gasteiger partial charge in [0.05, 0.1) is 5.71 Å². The van der Waals surface area contributed by atoms with E-state index in [0.29, 0.717) is 0 Å². The number of hydrogen-bond donors (Lipinski definition) is 1. The van der Waals surface area contributed by atoms with Crippen LogP contribution in [0.5, 0.6) is 0 Å². The van der Waals surface area contributed by atoms with Crippen molar-refractivity contribution in [1.29, 1.82) is 0 Å². The van der Waals surface area contributed by atoms with E-state index in [2.05, 4.69) is 4.99 Å². The number of aliphatic hydroxyl groups excluding tert-OH is 1. The first-order valence-electron chi connectivity index (χ1n) is 9.02. The first kappa shape index (κ1) is 27.9. The Hall–Kier alpha value is -2.33. The van der Waals surface area contributed by atoms with E-state index in [4.69, 9.17) is 18.6 Å². The summed E-state index contributed by atoms with van der Waals surface area (Å²) >= 11 is -0.556. The van der Waals surface area contributed by atoms with Crippen molar-refractivity contribution in [2.75, 3.05) is 0 Å². The number of allylic oxidation sites excluding steroid dienone is 1. The van der Waals surface area contributed by atoms with Crippen molar-refractivity contribution in [3.05, 3.63) is 107 Å². The Balaban J connectivity index is 0.00000129. The summed E-state index contributed by atoms with van der Waals surface area (Å²) in [6.07, 6.45) is -4.69. The molecule has 3 aromatic carbocycles. The third kappa shape index (κ3) is 6.85. The molecule has 3 rings (SSSR count). The van der Waals surface area contributed by atoms with Gasteiger partial charge in [0.1, 0.15) is 17.0 Å². The van der Waals surface area contributed by atoms with Crippen LogP contribution in [-0.2, 0) is 23.2 Å². The van der Waals surface area contributed by atoms with Crippen LogP contribution in [0.4, 0.5) is 36.4 Å². The van der Waals surface area contributed by atoms with Crippen LogP contribution in [-0.4, -0.2) is 10.8 Å². The Bertz CT molecular complexity index is 1160. The first-order chi connectivity index (χ1) is 16.0. The normalized spacial score (nSPS) is 12.1. The molecule has 0 saturated carbocycles. The third-order valence-electron chi connectivity index (χ3n) is 4.17. The van der Waals surface area contributed by atoms with Gasteiger partial charge in [0, 0.05) is 17.2 Å². The summed E-state index contributed by atoms with van der Waals surface area (Å²) in [4.78, 5) is 3.52. The zero-order chi connectivity index (χ0) is 25.5. The van der Waals surface area contributed by atoms with Crippen molar-refractivity contribution in [3.8, 4) is 0 Å². The monoisotopic (exact) mass is 557 g/mol. The van der Waals surface area contributed by atoms with Crippen LogP contribution in [0.3, 0.4) is 0 Å². The number of aliphatic imine (C=N–C) groups is 1. The van der Waals surface area contributed by atoms with E-state index in [1.54, 1.807) is 24.3 Å². The minimum absolute atomic E-state index is 0.171. The Morgan fingerprint density at radius 3 is 1.59 bits per heavy atom. The van der Waals surface area contributed by atoms with Crippen molar-refractivity contribution in [2.45, 2.75) is 6.18 Å². The van der Waals surface area contributed by atoms with Gasteiger partial charge in [-0.25, -0.2) is 22.6 Å². The van der Waals surface area contributed by atoms with Gasteiger partial charge in [0.15, 0.2) is 23.3 Å². The summed E-state index contributed by atoms with van der Waals surface area (Å²) in [5.74, 6) is -10.3. The molecular weight excluding hydrogens is 546 g/mol. The molecule has 1 N–H and O–H groups in total. The molecule has 0 fully saturated rings. The molecule has 0 aliphatic carbocycles. The zero-order valence-electron chi connectivity index (χ0n) is 16.6. The van der Waals surface area contributed by atoms with Crippen LogP contribution in [0.2, 0.25) is 0 Å². The quantitative estimate of drug-likeness (QED) is 0.113. The molecule has 3 aromatic rings. The second-order valence-corrected chi connectivity index (χ2v) is 8.89. The topological polar surface area (TPSA) is 32.6 Å². The Kier molecular flexibility index (Phi) is 10.2. The van der Waals surface area contributed by atoms with Gasteiger partial charge in [-0.15, -0.1) is 0 Å². The minimum atomic E-state index is -5.66. The van der Waals surface area contributed by atoms with E-state index in [-0.39, 0.29) is 16.8 Å². The van der Waals surface area contributed by atoms with Gasteiger partial charge in [-0.3, -0.25) is 0 Å². The van der Waals surface area contributed by atoms with Gasteiger partial charge in [-0.2, -0.15) is 13.2 Å².